The molecule has 0 saturated carbocycles. The third-order valence-electron chi connectivity index (χ3n) is 3.45. The average molecular weight is 257 g/mol. The van der Waals surface area contributed by atoms with Crippen LogP contribution in [-0.4, -0.2) is 31.5 Å². The van der Waals surface area contributed by atoms with Gasteiger partial charge in [-0.15, -0.1) is 0 Å². The van der Waals surface area contributed by atoms with Crippen LogP contribution in [0.4, 0.5) is 4.79 Å². The van der Waals surface area contributed by atoms with Gasteiger partial charge in [0.2, 0.25) is 0 Å². The predicted octanol–water partition coefficient (Wildman–Crippen LogP) is 1.18. The predicted molar refractivity (Wildman–Crippen MR) is 72.0 cm³/mol. The number of nitrogens with one attached hydrogen (secondary N) is 1. The fourth-order valence-corrected chi connectivity index (χ4v) is 2.56. The molecule has 0 saturated heterocycles. The summed E-state index contributed by atoms with van der Waals surface area (Å²) in [4.78, 5) is 15.8. The minimum Gasteiger partial charge on any atom is -0.372 e. The summed E-state index contributed by atoms with van der Waals surface area (Å²) >= 11 is 0. The summed E-state index contributed by atoms with van der Waals surface area (Å²) in [6, 6.07) is 8.97. The van der Waals surface area contributed by atoms with E-state index in [4.69, 9.17) is 10.5 Å². The lowest BCUT2D eigenvalue weighted by atomic mass is 9.90. The van der Waals surface area contributed by atoms with Crippen molar-refractivity contribution in [3.8, 4) is 0 Å². The largest absolute Gasteiger partial charge is 0.372 e. The summed E-state index contributed by atoms with van der Waals surface area (Å²) in [5, 5.41) is 2.79. The molecule has 5 nitrogen and oxygen atoms in total. The van der Waals surface area contributed by atoms with E-state index in [1.807, 2.05) is 36.5 Å². The Morgan fingerprint density at radius 1 is 1.32 bits per heavy atom. The number of amides is 2. The molecule has 3 N–H and O–H groups in total. The van der Waals surface area contributed by atoms with Gasteiger partial charge in [-0.25, -0.2) is 4.79 Å². The van der Waals surface area contributed by atoms with Crippen molar-refractivity contribution in [3.05, 3.63) is 47.0 Å². The minimum absolute atomic E-state index is 0.144. The second-order valence-corrected chi connectivity index (χ2v) is 4.66. The number of carbonyl (C=O) groups excluding carboxylic acids is 1. The van der Waals surface area contributed by atoms with Crippen LogP contribution in [0, 0.1) is 0 Å². The maximum Gasteiger partial charge on any atom is 0.312 e. The molecule has 2 aliphatic rings. The lowest BCUT2D eigenvalue weighted by molar-refractivity contribution is 0.202. The molecule has 0 fully saturated rings. The zero-order chi connectivity index (χ0) is 13.2. The van der Waals surface area contributed by atoms with Crippen molar-refractivity contribution in [3.63, 3.8) is 0 Å². The summed E-state index contributed by atoms with van der Waals surface area (Å²) in [5.74, 6) is 0. The highest BCUT2D eigenvalue weighted by molar-refractivity contribution is 5.84. The van der Waals surface area contributed by atoms with Crippen LogP contribution in [-0.2, 0) is 4.74 Å². The van der Waals surface area contributed by atoms with Crippen LogP contribution in [0.1, 0.15) is 11.6 Å². The molecule has 1 aromatic rings. The van der Waals surface area contributed by atoms with Gasteiger partial charge in [-0.1, -0.05) is 30.3 Å². The zero-order valence-corrected chi connectivity index (χ0v) is 10.4. The van der Waals surface area contributed by atoms with Gasteiger partial charge in [0.15, 0.2) is 0 Å². The van der Waals surface area contributed by atoms with Gasteiger partial charge in [0.25, 0.3) is 0 Å². The number of ether oxygens (including phenoxy) is 1. The quantitative estimate of drug-likeness (QED) is 0.834. The van der Waals surface area contributed by atoms with E-state index >= 15 is 0 Å². The van der Waals surface area contributed by atoms with E-state index in [9.17, 15) is 4.79 Å². The van der Waals surface area contributed by atoms with E-state index in [-0.39, 0.29) is 12.1 Å². The van der Waals surface area contributed by atoms with Crippen LogP contribution in [0.3, 0.4) is 0 Å². The maximum absolute atomic E-state index is 11.2. The first kappa shape index (κ1) is 11.9. The molecule has 2 amide bonds. The molecule has 3 rings (SSSR count). The SMILES string of the molecule is NC(=O)NC1C2=C(C=NC1c1ccccc1)COC2. The summed E-state index contributed by atoms with van der Waals surface area (Å²) in [5.41, 5.74) is 8.45. The number of primary amides is 1. The number of carbonyl (C=O) groups is 1. The fraction of sp³-hybridized carbons (Fsp3) is 0.286. The third-order valence-corrected chi connectivity index (χ3v) is 3.45. The lowest BCUT2D eigenvalue weighted by Gasteiger charge is -2.29. The minimum atomic E-state index is -0.540. The second kappa shape index (κ2) is 4.85. The van der Waals surface area contributed by atoms with E-state index in [2.05, 4.69) is 10.3 Å². The molecule has 5 heteroatoms. The van der Waals surface area contributed by atoms with E-state index < -0.39 is 6.03 Å². The maximum atomic E-state index is 11.2. The molecular formula is C14H15N3O2. The normalized spacial score (nSPS) is 25.3. The Bertz CT molecular complexity index is 551. The highest BCUT2D eigenvalue weighted by Crippen LogP contribution is 2.32. The molecule has 2 heterocycles. The van der Waals surface area contributed by atoms with Crippen LogP contribution in [0.2, 0.25) is 0 Å². The van der Waals surface area contributed by atoms with Crippen molar-refractivity contribution >= 4 is 12.2 Å². The number of aliphatic imine (C=N–C) groups is 1. The van der Waals surface area contributed by atoms with Crippen molar-refractivity contribution in [1.82, 2.24) is 5.32 Å². The van der Waals surface area contributed by atoms with Gasteiger partial charge >= 0.3 is 6.03 Å². The Balaban J connectivity index is 1.96. The summed E-state index contributed by atoms with van der Waals surface area (Å²) in [6.07, 6.45) is 1.85. The van der Waals surface area contributed by atoms with Gasteiger partial charge in [0, 0.05) is 6.21 Å². The number of dihydropyridines is 1. The number of hydrogen-bond donors (Lipinski definition) is 2. The van der Waals surface area contributed by atoms with E-state index in [1.165, 1.54) is 0 Å². The number of nitrogens with zero attached hydrogens (tertiary/aromatic N) is 1. The Labute approximate surface area is 111 Å². The molecule has 1 aromatic carbocycles. The van der Waals surface area contributed by atoms with Crippen LogP contribution in [0.15, 0.2) is 46.5 Å². The first-order chi connectivity index (χ1) is 9.25. The van der Waals surface area contributed by atoms with Gasteiger partial charge in [0.1, 0.15) is 0 Å². The Morgan fingerprint density at radius 2 is 2.11 bits per heavy atom. The Morgan fingerprint density at radius 3 is 2.84 bits per heavy atom. The highest BCUT2D eigenvalue weighted by atomic mass is 16.5. The summed E-state index contributed by atoms with van der Waals surface area (Å²) < 4.78 is 5.43. The molecule has 0 radical (unpaired) electrons. The van der Waals surface area contributed by atoms with Crippen molar-refractivity contribution in [1.29, 1.82) is 0 Å². The smallest absolute Gasteiger partial charge is 0.312 e. The standard InChI is InChI=1S/C14H15N3O2/c15-14(18)17-13-11-8-19-7-10(11)6-16-12(13)9-4-2-1-3-5-9/h1-6,12-13H,7-8H2,(H3,15,17,18). The number of urea groups is 1. The average Bonchev–Trinajstić information content (AvgIpc) is 2.88. The fourth-order valence-electron chi connectivity index (χ4n) is 2.56. The third kappa shape index (κ3) is 2.24. The monoisotopic (exact) mass is 257 g/mol. The number of hydrogen-bond acceptors (Lipinski definition) is 3. The topological polar surface area (TPSA) is 76.7 Å². The molecule has 2 unspecified atom stereocenters. The molecule has 0 aromatic heterocycles. The summed E-state index contributed by atoms with van der Waals surface area (Å²) in [6.45, 7) is 1.08. The molecule has 98 valence electrons. The van der Waals surface area contributed by atoms with Crippen LogP contribution < -0.4 is 11.1 Å². The van der Waals surface area contributed by atoms with Crippen molar-refractivity contribution in [2.45, 2.75) is 12.1 Å². The van der Waals surface area contributed by atoms with Crippen molar-refractivity contribution < 1.29 is 9.53 Å². The van der Waals surface area contributed by atoms with Crippen LogP contribution in [0.25, 0.3) is 0 Å². The van der Waals surface area contributed by atoms with Crippen molar-refractivity contribution in [2.24, 2.45) is 10.7 Å². The van der Waals surface area contributed by atoms with Crippen LogP contribution in [0.5, 0.6) is 0 Å². The number of nitrogens with two attached hydrogens (primary N) is 1. The first-order valence-electron chi connectivity index (χ1n) is 6.19. The van der Waals surface area contributed by atoms with Crippen LogP contribution >= 0.6 is 0 Å². The molecule has 2 atom stereocenters. The van der Waals surface area contributed by atoms with Gasteiger partial charge in [-0.3, -0.25) is 4.99 Å². The Hall–Kier alpha value is -2.14. The molecule has 19 heavy (non-hydrogen) atoms. The number of rotatable bonds is 2. The second-order valence-electron chi connectivity index (χ2n) is 4.66. The molecule has 2 aliphatic heterocycles. The van der Waals surface area contributed by atoms with Gasteiger partial charge in [-0.05, 0) is 16.7 Å². The molecule has 0 bridgehead atoms. The van der Waals surface area contributed by atoms with Crippen molar-refractivity contribution in [2.75, 3.05) is 13.2 Å². The Kier molecular flexibility index (Phi) is 3.05. The van der Waals surface area contributed by atoms with E-state index in [0.29, 0.717) is 13.2 Å². The van der Waals surface area contributed by atoms with Gasteiger partial charge in [0.05, 0.1) is 25.3 Å². The van der Waals surface area contributed by atoms with E-state index in [0.717, 1.165) is 16.7 Å². The van der Waals surface area contributed by atoms with Gasteiger partial charge < -0.3 is 15.8 Å². The zero-order valence-electron chi connectivity index (χ0n) is 10.4. The molecule has 0 aliphatic carbocycles. The first-order valence-corrected chi connectivity index (χ1v) is 6.19. The van der Waals surface area contributed by atoms with E-state index in [1.54, 1.807) is 0 Å². The number of benzene rings is 1. The lowest BCUT2D eigenvalue weighted by Crippen LogP contribution is -2.44. The summed E-state index contributed by atoms with van der Waals surface area (Å²) in [7, 11) is 0. The molecule has 0 spiro atoms. The molecular weight excluding hydrogens is 242 g/mol. The van der Waals surface area contributed by atoms with Gasteiger partial charge in [-0.2, -0.15) is 0 Å². The highest BCUT2D eigenvalue weighted by Gasteiger charge is 2.33.